The molecule has 8 heteroatoms. The summed E-state index contributed by atoms with van der Waals surface area (Å²) < 4.78 is 4.93. The molecule has 168 valence electrons. The van der Waals surface area contributed by atoms with Crippen molar-refractivity contribution in [3.05, 3.63) is 16.3 Å². The summed E-state index contributed by atoms with van der Waals surface area (Å²) in [6.07, 6.45) is 5.11. The number of esters is 1. The number of thiophene rings is 1. The quantitative estimate of drug-likeness (QED) is 0.633. The van der Waals surface area contributed by atoms with Gasteiger partial charge in [0.25, 0.3) is 0 Å². The number of amides is 1. The topological polar surface area (TPSA) is 75.6 Å². The Morgan fingerprint density at radius 1 is 1.06 bits per heavy atom. The highest BCUT2D eigenvalue weighted by Gasteiger charge is 2.28. The molecule has 0 spiro atoms. The molecular weight excluding hydrogens is 412 g/mol. The predicted molar refractivity (Wildman–Crippen MR) is 123 cm³/mol. The monoisotopic (exact) mass is 444 g/mol. The van der Waals surface area contributed by atoms with E-state index in [1.54, 1.807) is 6.92 Å². The molecule has 1 saturated heterocycles. The van der Waals surface area contributed by atoms with Gasteiger partial charge in [0.1, 0.15) is 16.5 Å². The first kappa shape index (κ1) is 22.0. The van der Waals surface area contributed by atoms with Gasteiger partial charge in [-0.1, -0.05) is 13.8 Å². The summed E-state index contributed by atoms with van der Waals surface area (Å²) in [5, 5.41) is 1.24. The summed E-state index contributed by atoms with van der Waals surface area (Å²) >= 11 is 1.84. The summed E-state index contributed by atoms with van der Waals surface area (Å²) in [5.41, 5.74) is 1.45. The van der Waals surface area contributed by atoms with Crippen molar-refractivity contribution in [2.24, 2.45) is 0 Å². The molecule has 0 saturated carbocycles. The summed E-state index contributed by atoms with van der Waals surface area (Å²) in [5.74, 6) is 1.94. The van der Waals surface area contributed by atoms with Crippen LogP contribution >= 0.6 is 11.3 Å². The van der Waals surface area contributed by atoms with Gasteiger partial charge in [-0.3, -0.25) is 9.59 Å². The van der Waals surface area contributed by atoms with Crippen molar-refractivity contribution in [3.63, 3.8) is 0 Å². The molecule has 0 radical (unpaired) electrons. The average Bonchev–Trinajstić information content (AvgIpc) is 3.15. The van der Waals surface area contributed by atoms with E-state index in [2.05, 4.69) is 18.7 Å². The average molecular weight is 445 g/mol. The molecule has 2 aromatic heterocycles. The number of ether oxygens (including phenoxy) is 1. The van der Waals surface area contributed by atoms with Crippen molar-refractivity contribution in [1.29, 1.82) is 0 Å². The van der Waals surface area contributed by atoms with Crippen LogP contribution in [0.2, 0.25) is 0 Å². The van der Waals surface area contributed by atoms with Gasteiger partial charge in [-0.15, -0.1) is 11.3 Å². The molecule has 0 unspecified atom stereocenters. The second-order valence-electron chi connectivity index (χ2n) is 8.62. The highest BCUT2D eigenvalue weighted by Crippen LogP contribution is 2.40. The molecule has 7 nitrogen and oxygen atoms in total. The third kappa shape index (κ3) is 4.68. The zero-order chi connectivity index (χ0) is 22.0. The van der Waals surface area contributed by atoms with Crippen molar-refractivity contribution < 1.29 is 14.3 Å². The number of aryl methyl sites for hydroxylation is 2. The molecule has 1 fully saturated rings. The Kier molecular flexibility index (Phi) is 6.74. The van der Waals surface area contributed by atoms with Crippen molar-refractivity contribution in [3.8, 4) is 0 Å². The Balaban J connectivity index is 1.51. The van der Waals surface area contributed by atoms with Crippen LogP contribution in [0.15, 0.2) is 0 Å². The zero-order valence-electron chi connectivity index (χ0n) is 18.8. The van der Waals surface area contributed by atoms with Gasteiger partial charge in [0.2, 0.25) is 5.91 Å². The van der Waals surface area contributed by atoms with Crippen LogP contribution in [0, 0.1) is 0 Å². The summed E-state index contributed by atoms with van der Waals surface area (Å²) in [4.78, 5) is 40.8. The highest BCUT2D eigenvalue weighted by atomic mass is 32.1. The first-order valence-electron chi connectivity index (χ1n) is 11.5. The van der Waals surface area contributed by atoms with E-state index in [1.165, 1.54) is 28.7 Å². The number of anilines is 1. The first-order valence-corrected chi connectivity index (χ1v) is 12.3. The minimum absolute atomic E-state index is 0.0244. The molecule has 1 amide bonds. The molecule has 0 bridgehead atoms. The molecule has 2 aromatic rings. The second-order valence-corrected chi connectivity index (χ2v) is 9.71. The maximum absolute atomic E-state index is 12.5. The number of carbonyl (C=O) groups is 2. The van der Waals surface area contributed by atoms with Gasteiger partial charge in [-0.05, 0) is 38.2 Å². The van der Waals surface area contributed by atoms with Crippen molar-refractivity contribution in [2.45, 2.75) is 65.2 Å². The number of nitrogens with zero attached hydrogens (tertiary/aromatic N) is 4. The van der Waals surface area contributed by atoms with E-state index < -0.39 is 0 Å². The molecule has 1 aliphatic carbocycles. The van der Waals surface area contributed by atoms with Gasteiger partial charge in [-0.2, -0.15) is 0 Å². The van der Waals surface area contributed by atoms with E-state index in [1.807, 2.05) is 16.2 Å². The summed E-state index contributed by atoms with van der Waals surface area (Å²) in [6.45, 7) is 9.20. The molecular formula is C23H32N4O3S. The lowest BCUT2D eigenvalue weighted by Gasteiger charge is -2.36. The lowest BCUT2D eigenvalue weighted by Crippen LogP contribution is -2.49. The van der Waals surface area contributed by atoms with Crippen LogP contribution in [-0.4, -0.2) is 59.5 Å². The predicted octanol–water partition coefficient (Wildman–Crippen LogP) is 3.69. The molecule has 0 aromatic carbocycles. The third-order valence-corrected chi connectivity index (χ3v) is 7.30. The summed E-state index contributed by atoms with van der Waals surface area (Å²) in [7, 11) is 0. The van der Waals surface area contributed by atoms with Gasteiger partial charge >= 0.3 is 5.97 Å². The fourth-order valence-electron chi connectivity index (χ4n) is 4.41. The zero-order valence-corrected chi connectivity index (χ0v) is 19.6. The Morgan fingerprint density at radius 3 is 2.52 bits per heavy atom. The van der Waals surface area contributed by atoms with Crippen molar-refractivity contribution >= 4 is 39.2 Å². The maximum atomic E-state index is 12.5. The van der Waals surface area contributed by atoms with Crippen LogP contribution < -0.4 is 4.90 Å². The number of rotatable bonds is 6. The SMILES string of the molecule is CCOC(=O)CCC(=O)N1CCN(c2nc(C(C)C)nc3sc4c(c23)CCCC4)CC1. The fraction of sp³-hybridized carbons (Fsp3) is 0.652. The fourth-order valence-corrected chi connectivity index (χ4v) is 5.67. The van der Waals surface area contributed by atoms with Gasteiger partial charge in [0, 0.05) is 43.4 Å². The molecule has 0 atom stereocenters. The molecule has 0 N–H and O–H groups in total. The van der Waals surface area contributed by atoms with E-state index >= 15 is 0 Å². The maximum Gasteiger partial charge on any atom is 0.306 e. The Bertz CT molecular complexity index is 963. The number of carbonyl (C=O) groups excluding carboxylic acids is 2. The minimum Gasteiger partial charge on any atom is -0.466 e. The lowest BCUT2D eigenvalue weighted by atomic mass is 9.96. The van der Waals surface area contributed by atoms with Gasteiger partial charge in [0.05, 0.1) is 18.4 Å². The van der Waals surface area contributed by atoms with E-state index in [0.717, 1.165) is 42.4 Å². The highest BCUT2D eigenvalue weighted by molar-refractivity contribution is 7.19. The van der Waals surface area contributed by atoms with E-state index in [0.29, 0.717) is 19.7 Å². The van der Waals surface area contributed by atoms with Crippen LogP contribution in [0.5, 0.6) is 0 Å². The molecule has 31 heavy (non-hydrogen) atoms. The number of fused-ring (bicyclic) bond motifs is 3. The van der Waals surface area contributed by atoms with Crippen LogP contribution in [0.3, 0.4) is 0 Å². The van der Waals surface area contributed by atoms with E-state index in [9.17, 15) is 9.59 Å². The molecule has 3 heterocycles. The number of piperazine rings is 1. The van der Waals surface area contributed by atoms with Crippen LogP contribution in [0.25, 0.3) is 10.2 Å². The third-order valence-electron chi connectivity index (χ3n) is 6.11. The van der Waals surface area contributed by atoms with Gasteiger partial charge < -0.3 is 14.5 Å². The van der Waals surface area contributed by atoms with Crippen molar-refractivity contribution in [1.82, 2.24) is 14.9 Å². The smallest absolute Gasteiger partial charge is 0.306 e. The first-order chi connectivity index (χ1) is 15.0. The molecule has 2 aliphatic rings. The Hall–Kier alpha value is -2.22. The molecule has 4 rings (SSSR count). The largest absolute Gasteiger partial charge is 0.466 e. The summed E-state index contributed by atoms with van der Waals surface area (Å²) in [6, 6.07) is 0. The van der Waals surface area contributed by atoms with Gasteiger partial charge in [0.15, 0.2) is 0 Å². The standard InChI is InChI=1S/C23H32N4O3S/c1-4-30-19(29)10-9-18(28)26-11-13-27(14-12-26)22-20-16-7-5-6-8-17(16)31-23(20)25-21(24-22)15(2)3/h15H,4-14H2,1-3H3. The lowest BCUT2D eigenvalue weighted by molar-refractivity contribution is -0.145. The van der Waals surface area contributed by atoms with E-state index in [-0.39, 0.29) is 30.6 Å². The number of aromatic nitrogens is 2. The van der Waals surface area contributed by atoms with Crippen molar-refractivity contribution in [2.75, 3.05) is 37.7 Å². The Labute approximate surface area is 187 Å². The van der Waals surface area contributed by atoms with Crippen LogP contribution in [0.1, 0.15) is 68.6 Å². The second kappa shape index (κ2) is 9.51. The molecule has 1 aliphatic heterocycles. The number of hydrogen-bond donors (Lipinski definition) is 0. The Morgan fingerprint density at radius 2 is 1.81 bits per heavy atom. The normalized spacial score (nSPS) is 16.6. The van der Waals surface area contributed by atoms with Crippen LogP contribution in [0.4, 0.5) is 5.82 Å². The van der Waals surface area contributed by atoms with Gasteiger partial charge in [-0.25, -0.2) is 9.97 Å². The number of hydrogen-bond acceptors (Lipinski definition) is 7. The van der Waals surface area contributed by atoms with Crippen LogP contribution in [-0.2, 0) is 27.2 Å². The minimum atomic E-state index is -0.304. The van der Waals surface area contributed by atoms with E-state index in [4.69, 9.17) is 14.7 Å².